The molecule has 4 nitrogen and oxygen atoms in total. The fourth-order valence-electron chi connectivity index (χ4n) is 5.43. The van der Waals surface area contributed by atoms with Crippen molar-refractivity contribution in [1.29, 1.82) is 0 Å². The molecule has 0 saturated heterocycles. The van der Waals surface area contributed by atoms with Crippen LogP contribution in [0.2, 0.25) is 0 Å². The molecular weight excluding hydrogens is 510 g/mol. The summed E-state index contributed by atoms with van der Waals surface area (Å²) in [5.74, 6) is -1.11. The van der Waals surface area contributed by atoms with Gasteiger partial charge in [-0.1, -0.05) is 72.1 Å². The average molecular weight is 533 g/mol. The Balaban J connectivity index is 1.72. The number of halogens is 3. The molecule has 2 aromatic heterocycles. The number of fused-ring (bicyclic) bond motifs is 2. The van der Waals surface area contributed by atoms with Crippen molar-refractivity contribution in [2.24, 2.45) is 0 Å². The molecule has 7 heteroatoms. The van der Waals surface area contributed by atoms with Gasteiger partial charge in [0.05, 0.1) is 5.03 Å². The Labute approximate surface area is 223 Å². The summed E-state index contributed by atoms with van der Waals surface area (Å²) in [6.45, 7) is 4.56. The van der Waals surface area contributed by atoms with Crippen LogP contribution in [0.4, 0.5) is 4.39 Å². The van der Waals surface area contributed by atoms with Gasteiger partial charge < -0.3 is 14.3 Å². The lowest BCUT2D eigenvalue weighted by Crippen LogP contribution is -2.30. The van der Waals surface area contributed by atoms with Gasteiger partial charge in [0.15, 0.2) is 0 Å². The highest BCUT2D eigenvalue weighted by Crippen LogP contribution is 2.54. The molecule has 1 N–H and O–H groups in total. The van der Waals surface area contributed by atoms with Gasteiger partial charge in [-0.2, -0.15) is 0 Å². The molecule has 1 aliphatic heterocycles. The summed E-state index contributed by atoms with van der Waals surface area (Å²) in [4.78, 5) is 16.5. The van der Waals surface area contributed by atoms with Crippen LogP contribution in [0.5, 0.6) is 0 Å². The molecule has 1 atom stereocenters. The summed E-state index contributed by atoms with van der Waals surface area (Å²) in [6.07, 6.45) is 2.53. The number of hydrogen-bond acceptors (Lipinski definition) is 2. The van der Waals surface area contributed by atoms with Gasteiger partial charge in [0.2, 0.25) is 5.60 Å². The second kappa shape index (κ2) is 8.79. The van der Waals surface area contributed by atoms with Gasteiger partial charge in [0.25, 0.3) is 0 Å². The van der Waals surface area contributed by atoms with Gasteiger partial charge in [-0.15, -0.1) is 0 Å². The number of carbonyl (C=O) groups is 1. The van der Waals surface area contributed by atoms with Gasteiger partial charge in [-0.25, -0.2) is 9.18 Å². The van der Waals surface area contributed by atoms with E-state index in [1.165, 1.54) is 12.1 Å². The molecule has 0 amide bonds. The highest BCUT2D eigenvalue weighted by atomic mass is 35.5. The number of rotatable bonds is 5. The summed E-state index contributed by atoms with van der Waals surface area (Å²) in [5, 5.41) is 1.36. The molecule has 1 aliphatic rings. The number of nitrogens with zero attached hydrogens (tertiary/aromatic N) is 1. The number of H-pyrrole nitrogens is 1. The first-order chi connectivity index (χ1) is 17.8. The number of aryl methyl sites for hydroxylation is 2. The maximum atomic E-state index is 14.7. The van der Waals surface area contributed by atoms with Crippen LogP contribution in [0, 0.1) is 12.7 Å². The lowest BCUT2D eigenvalue weighted by molar-refractivity contribution is -0.144. The van der Waals surface area contributed by atoms with Crippen molar-refractivity contribution in [3.05, 3.63) is 117 Å². The molecule has 6 rings (SSSR count). The van der Waals surface area contributed by atoms with E-state index in [2.05, 4.69) is 4.98 Å². The number of esters is 1. The van der Waals surface area contributed by atoms with Crippen LogP contribution in [-0.2, 0) is 28.1 Å². The standard InChI is InChI=1S/C30H23Cl2FN2O2/c1-3-23-26(21-13-17(2)9-11-24(21)34-23)30(28(32)27(31)29(36)37-30)22-16-35(15-18-7-5-4-6-8-18)25-12-10-19(33)14-20(22)25/h4-14,16,34H,3,15H2,1-2H3. The molecular formula is C30H23Cl2FN2O2. The minimum Gasteiger partial charge on any atom is -0.439 e. The topological polar surface area (TPSA) is 47.0 Å². The van der Waals surface area contributed by atoms with E-state index in [1.807, 2.05) is 73.1 Å². The molecule has 0 radical (unpaired) electrons. The van der Waals surface area contributed by atoms with E-state index < -0.39 is 17.4 Å². The first-order valence-electron chi connectivity index (χ1n) is 12.1. The van der Waals surface area contributed by atoms with Crippen molar-refractivity contribution < 1.29 is 13.9 Å². The van der Waals surface area contributed by atoms with Crippen molar-refractivity contribution in [3.8, 4) is 0 Å². The van der Waals surface area contributed by atoms with Crippen LogP contribution in [0.3, 0.4) is 0 Å². The number of benzene rings is 3. The maximum absolute atomic E-state index is 14.7. The molecule has 0 saturated carbocycles. The largest absolute Gasteiger partial charge is 0.439 e. The Bertz CT molecular complexity index is 1740. The van der Waals surface area contributed by atoms with Crippen LogP contribution in [0.25, 0.3) is 21.8 Å². The molecule has 1 unspecified atom stereocenters. The third kappa shape index (κ3) is 3.60. The van der Waals surface area contributed by atoms with Gasteiger partial charge in [-0.3, -0.25) is 0 Å². The molecule has 0 bridgehead atoms. The van der Waals surface area contributed by atoms with E-state index in [-0.39, 0.29) is 10.1 Å². The fraction of sp³-hybridized carbons (Fsp3) is 0.167. The second-order valence-corrected chi connectivity index (χ2v) is 10.2. The molecule has 37 heavy (non-hydrogen) atoms. The molecule has 0 spiro atoms. The van der Waals surface area contributed by atoms with Crippen LogP contribution >= 0.6 is 23.2 Å². The predicted octanol–water partition coefficient (Wildman–Crippen LogP) is 7.67. The number of ether oxygens (including phenoxy) is 1. The minimum atomic E-state index is -1.54. The van der Waals surface area contributed by atoms with Crippen LogP contribution < -0.4 is 0 Å². The summed E-state index contributed by atoms with van der Waals surface area (Å²) in [6, 6.07) is 20.6. The summed E-state index contributed by atoms with van der Waals surface area (Å²) >= 11 is 13.4. The summed E-state index contributed by atoms with van der Waals surface area (Å²) < 4.78 is 22.9. The lowest BCUT2D eigenvalue weighted by atomic mass is 9.83. The number of cyclic esters (lactones) is 1. The minimum absolute atomic E-state index is 0.0688. The van der Waals surface area contributed by atoms with Crippen molar-refractivity contribution in [3.63, 3.8) is 0 Å². The highest BCUT2D eigenvalue weighted by Gasteiger charge is 2.53. The van der Waals surface area contributed by atoms with Crippen molar-refractivity contribution in [2.75, 3.05) is 0 Å². The molecule has 5 aromatic rings. The molecule has 186 valence electrons. The van der Waals surface area contributed by atoms with E-state index in [4.69, 9.17) is 27.9 Å². The van der Waals surface area contributed by atoms with E-state index in [9.17, 15) is 9.18 Å². The average Bonchev–Trinajstić information content (AvgIpc) is 3.51. The van der Waals surface area contributed by atoms with Crippen molar-refractivity contribution in [2.45, 2.75) is 32.4 Å². The summed E-state index contributed by atoms with van der Waals surface area (Å²) in [7, 11) is 0. The Morgan fingerprint density at radius 2 is 1.81 bits per heavy atom. The van der Waals surface area contributed by atoms with E-state index in [1.54, 1.807) is 6.07 Å². The Hall–Kier alpha value is -3.54. The second-order valence-electron chi connectivity index (χ2n) is 9.40. The monoisotopic (exact) mass is 532 g/mol. The third-order valence-electron chi connectivity index (χ3n) is 7.08. The first-order valence-corrected chi connectivity index (χ1v) is 12.8. The summed E-state index contributed by atoms with van der Waals surface area (Å²) in [5.41, 5.74) is 4.38. The Morgan fingerprint density at radius 3 is 2.51 bits per heavy atom. The van der Waals surface area contributed by atoms with E-state index >= 15 is 0 Å². The molecule has 0 fully saturated rings. The number of nitrogens with one attached hydrogen (secondary N) is 1. The Kier molecular flexibility index (Phi) is 5.66. The van der Waals surface area contributed by atoms with Crippen LogP contribution in [-0.4, -0.2) is 15.5 Å². The zero-order valence-corrected chi connectivity index (χ0v) is 21.8. The number of aromatic amines is 1. The fourth-order valence-corrected chi connectivity index (χ4v) is 5.91. The third-order valence-corrected chi connectivity index (χ3v) is 7.98. The molecule has 3 aromatic carbocycles. The van der Waals surface area contributed by atoms with Gasteiger partial charge in [0, 0.05) is 51.4 Å². The Morgan fingerprint density at radius 1 is 1.03 bits per heavy atom. The predicted molar refractivity (Wildman–Crippen MR) is 145 cm³/mol. The normalized spacial score (nSPS) is 17.8. The number of hydrogen-bond donors (Lipinski definition) is 1. The van der Waals surface area contributed by atoms with Crippen molar-refractivity contribution in [1.82, 2.24) is 9.55 Å². The van der Waals surface area contributed by atoms with Crippen LogP contribution in [0.1, 0.15) is 34.9 Å². The molecule has 3 heterocycles. The highest BCUT2D eigenvalue weighted by molar-refractivity contribution is 6.49. The first kappa shape index (κ1) is 23.8. The van der Waals surface area contributed by atoms with Crippen molar-refractivity contribution >= 4 is 51.0 Å². The number of carbonyl (C=O) groups excluding carboxylic acids is 1. The zero-order chi connectivity index (χ0) is 25.9. The zero-order valence-electron chi connectivity index (χ0n) is 20.2. The van der Waals surface area contributed by atoms with Gasteiger partial charge in [0.1, 0.15) is 10.8 Å². The van der Waals surface area contributed by atoms with Crippen LogP contribution in [0.15, 0.2) is 83.0 Å². The quantitative estimate of drug-likeness (QED) is 0.236. The van der Waals surface area contributed by atoms with E-state index in [0.717, 1.165) is 33.2 Å². The van der Waals surface area contributed by atoms with Gasteiger partial charge in [-0.05, 0) is 49.2 Å². The lowest BCUT2D eigenvalue weighted by Gasteiger charge is -2.30. The maximum Gasteiger partial charge on any atom is 0.352 e. The van der Waals surface area contributed by atoms with Gasteiger partial charge >= 0.3 is 5.97 Å². The van der Waals surface area contributed by atoms with E-state index in [0.29, 0.717) is 29.5 Å². The number of aromatic nitrogens is 2. The smallest absolute Gasteiger partial charge is 0.352 e. The SMILES string of the molecule is CCc1[nH]c2ccc(C)cc2c1C1(c2cn(Cc3ccccc3)c3ccc(F)cc23)OC(=O)C(Cl)=C1Cl. The molecule has 0 aliphatic carbocycles.